The van der Waals surface area contributed by atoms with Crippen molar-refractivity contribution in [2.75, 3.05) is 74.1 Å². The first-order chi connectivity index (χ1) is 28.6. The monoisotopic (exact) mass is 811 g/mol. The molecule has 3 saturated heterocycles. The van der Waals surface area contributed by atoms with Gasteiger partial charge in [-0.05, 0) is 80.6 Å². The van der Waals surface area contributed by atoms with Crippen LogP contribution in [0.5, 0.6) is 0 Å². The second-order valence-corrected chi connectivity index (χ2v) is 17.9. The fourth-order valence-electron chi connectivity index (χ4n) is 9.96. The standard InChI is InChI=1S/C45H49N9O4S/c1-27-25-49(2)41-39-31-11-12-32(47-33(31)13-15-37(39)59-42(41)44(57)46-27)29-7-9-30(10-8-29)52-23-21-51(22-24-52)26-28-17-19-53(20-18-28)34-5-4-6-35-40(34)50(3)45(58)54(35)36-14-16-38(55)48-43(36)56/h4-13,15,27-28,36H,14,16-26H2,1-3H3,(H,46,57)(H,48,55,56)/t27-,36?/m1/s1. The second-order valence-electron chi connectivity index (χ2n) is 16.8. The summed E-state index contributed by atoms with van der Waals surface area (Å²) in [5, 5.41) is 7.71. The molecule has 13 nitrogen and oxygen atoms in total. The lowest BCUT2D eigenvalue weighted by atomic mass is 9.95. The number of likely N-dealkylation sites (N-methyl/N-ethyl adjacent to an activating group) is 1. The summed E-state index contributed by atoms with van der Waals surface area (Å²) < 4.78 is 4.33. The van der Waals surface area contributed by atoms with E-state index in [-0.39, 0.29) is 30.0 Å². The molecule has 0 radical (unpaired) electrons. The number of imidazole rings is 1. The van der Waals surface area contributed by atoms with Gasteiger partial charge in [0, 0.05) is 106 Å². The predicted molar refractivity (Wildman–Crippen MR) is 235 cm³/mol. The molecule has 3 fully saturated rings. The van der Waals surface area contributed by atoms with Crippen LogP contribution in [0, 0.1) is 5.92 Å². The Kier molecular flexibility index (Phi) is 9.43. The molecule has 0 aliphatic carbocycles. The smallest absolute Gasteiger partial charge is 0.329 e. The third-order valence-corrected chi connectivity index (χ3v) is 14.1. The number of amides is 3. The number of imide groups is 1. The highest BCUT2D eigenvalue weighted by atomic mass is 32.1. The van der Waals surface area contributed by atoms with E-state index in [1.54, 1.807) is 27.5 Å². The van der Waals surface area contributed by atoms with Gasteiger partial charge in [0.15, 0.2) is 0 Å². The van der Waals surface area contributed by atoms with Gasteiger partial charge in [0.05, 0.1) is 33.6 Å². The van der Waals surface area contributed by atoms with Crippen molar-refractivity contribution in [1.29, 1.82) is 0 Å². The van der Waals surface area contributed by atoms with Gasteiger partial charge in [-0.2, -0.15) is 0 Å². The van der Waals surface area contributed by atoms with Gasteiger partial charge in [0.2, 0.25) is 11.8 Å². The predicted octanol–water partition coefficient (Wildman–Crippen LogP) is 5.35. The van der Waals surface area contributed by atoms with Crippen molar-refractivity contribution in [3.05, 3.63) is 82.1 Å². The molecule has 1 unspecified atom stereocenters. The van der Waals surface area contributed by atoms with Gasteiger partial charge in [-0.25, -0.2) is 9.78 Å². The number of pyridine rings is 1. The Labute approximate surface area is 346 Å². The number of nitrogens with one attached hydrogen (secondary N) is 2. The van der Waals surface area contributed by atoms with Crippen LogP contribution in [0.15, 0.2) is 71.5 Å². The molecule has 2 atom stereocenters. The largest absolute Gasteiger partial charge is 0.371 e. The molecule has 3 aromatic carbocycles. The van der Waals surface area contributed by atoms with Crippen LogP contribution in [-0.2, 0) is 16.6 Å². The van der Waals surface area contributed by atoms with Crippen LogP contribution >= 0.6 is 11.3 Å². The summed E-state index contributed by atoms with van der Waals surface area (Å²) in [5.41, 5.74) is 7.55. The molecule has 3 aromatic heterocycles. The van der Waals surface area contributed by atoms with Gasteiger partial charge in [0.25, 0.3) is 5.91 Å². The summed E-state index contributed by atoms with van der Waals surface area (Å²) in [7, 11) is 3.84. The van der Waals surface area contributed by atoms with Crippen molar-refractivity contribution in [3.63, 3.8) is 0 Å². The van der Waals surface area contributed by atoms with Crippen LogP contribution in [-0.4, -0.2) is 102 Å². The molecule has 4 aliphatic heterocycles. The maximum atomic E-state index is 13.5. The van der Waals surface area contributed by atoms with Crippen LogP contribution in [0.1, 0.15) is 48.3 Å². The number of piperazine rings is 1. The lowest BCUT2D eigenvalue weighted by Gasteiger charge is -2.40. The molecule has 10 rings (SSSR count). The summed E-state index contributed by atoms with van der Waals surface area (Å²) in [6.07, 6.45) is 2.71. The van der Waals surface area contributed by atoms with E-state index in [0.717, 1.165) is 125 Å². The SMILES string of the molecule is C[C@@H]1CN(C)c2c(sc3ccc4nc(-c5ccc(N6CCN(CC7CCN(c8cccc9c8n(C)c(=O)n9C8CCC(=O)NC8=O)CC7)CC6)cc5)ccc4c23)C(=O)N1. The number of thiophene rings is 1. The van der Waals surface area contributed by atoms with Crippen LogP contribution in [0.2, 0.25) is 0 Å². The minimum atomic E-state index is -0.687. The molecule has 4 aliphatic rings. The minimum absolute atomic E-state index is 0.000727. The van der Waals surface area contributed by atoms with Crippen molar-refractivity contribution in [3.8, 4) is 11.3 Å². The van der Waals surface area contributed by atoms with E-state index in [9.17, 15) is 19.2 Å². The summed E-state index contributed by atoms with van der Waals surface area (Å²) in [6, 6.07) is 22.6. The summed E-state index contributed by atoms with van der Waals surface area (Å²) in [6.45, 7) is 9.74. The fourth-order valence-corrected chi connectivity index (χ4v) is 11.1. The first kappa shape index (κ1) is 37.5. The average Bonchev–Trinajstić information content (AvgIpc) is 3.73. The minimum Gasteiger partial charge on any atom is -0.371 e. The quantitative estimate of drug-likeness (QED) is 0.214. The Morgan fingerprint density at radius 1 is 0.831 bits per heavy atom. The molecule has 304 valence electrons. The molecule has 0 bridgehead atoms. The fraction of sp³-hybridized carbons (Fsp3) is 0.400. The number of fused-ring (bicyclic) bond motifs is 6. The maximum absolute atomic E-state index is 13.5. The average molecular weight is 812 g/mol. The summed E-state index contributed by atoms with van der Waals surface area (Å²) in [5.74, 6) is -0.0905. The zero-order chi connectivity index (χ0) is 40.5. The third kappa shape index (κ3) is 6.62. The molecule has 0 spiro atoms. The van der Waals surface area contributed by atoms with Crippen LogP contribution in [0.25, 0.3) is 43.3 Å². The molecule has 2 N–H and O–H groups in total. The van der Waals surface area contributed by atoms with E-state index in [1.807, 2.05) is 19.1 Å². The highest BCUT2D eigenvalue weighted by molar-refractivity contribution is 7.21. The van der Waals surface area contributed by atoms with Crippen molar-refractivity contribution < 1.29 is 14.4 Å². The molecule has 0 saturated carbocycles. The highest BCUT2D eigenvalue weighted by Gasteiger charge is 2.33. The highest BCUT2D eigenvalue weighted by Crippen LogP contribution is 2.43. The Morgan fingerprint density at radius 2 is 1.61 bits per heavy atom. The number of aromatic nitrogens is 3. The van der Waals surface area contributed by atoms with Crippen molar-refractivity contribution in [2.24, 2.45) is 13.0 Å². The van der Waals surface area contributed by atoms with E-state index in [0.29, 0.717) is 12.3 Å². The maximum Gasteiger partial charge on any atom is 0.329 e. The molecule has 14 heteroatoms. The topological polar surface area (TPSA) is 128 Å². The van der Waals surface area contributed by atoms with Gasteiger partial charge in [-0.1, -0.05) is 18.2 Å². The van der Waals surface area contributed by atoms with Crippen molar-refractivity contribution in [2.45, 2.75) is 44.7 Å². The van der Waals surface area contributed by atoms with Crippen molar-refractivity contribution >= 4 is 78.1 Å². The zero-order valence-electron chi connectivity index (χ0n) is 33.7. The van der Waals surface area contributed by atoms with Crippen LogP contribution < -0.4 is 31.0 Å². The number of anilines is 3. The lowest BCUT2D eigenvalue weighted by Crippen LogP contribution is -2.49. The first-order valence-electron chi connectivity index (χ1n) is 20.9. The number of nitrogens with zero attached hydrogens (tertiary/aromatic N) is 7. The number of benzene rings is 3. The molecular formula is C45H49N9O4S. The molecular weight excluding hydrogens is 763 g/mol. The number of rotatable bonds is 6. The van der Waals surface area contributed by atoms with E-state index in [2.05, 4.69) is 91.9 Å². The Bertz CT molecular complexity index is 2700. The van der Waals surface area contributed by atoms with Gasteiger partial charge in [-0.15, -0.1) is 11.3 Å². The number of carbonyl (C=O) groups excluding carboxylic acids is 3. The van der Waals surface area contributed by atoms with Gasteiger partial charge < -0.3 is 20.0 Å². The van der Waals surface area contributed by atoms with Crippen molar-refractivity contribution in [1.82, 2.24) is 29.7 Å². The second kappa shape index (κ2) is 14.8. The molecule has 6 aromatic rings. The Morgan fingerprint density at radius 3 is 2.37 bits per heavy atom. The van der Waals surface area contributed by atoms with Gasteiger partial charge in [-0.3, -0.25) is 33.7 Å². The Hall–Kier alpha value is -5.73. The van der Waals surface area contributed by atoms with Crippen LogP contribution in [0.3, 0.4) is 0 Å². The molecule has 59 heavy (non-hydrogen) atoms. The summed E-state index contributed by atoms with van der Waals surface area (Å²) >= 11 is 1.55. The first-order valence-corrected chi connectivity index (χ1v) is 21.7. The lowest BCUT2D eigenvalue weighted by molar-refractivity contribution is -0.135. The number of piperidine rings is 2. The number of hydrogen-bond donors (Lipinski definition) is 2. The molecule has 3 amide bonds. The van der Waals surface area contributed by atoms with Gasteiger partial charge >= 0.3 is 5.69 Å². The van der Waals surface area contributed by atoms with Crippen LogP contribution in [0.4, 0.5) is 17.1 Å². The van der Waals surface area contributed by atoms with Gasteiger partial charge in [0.1, 0.15) is 10.9 Å². The normalized spacial score (nSPS) is 21.0. The van der Waals surface area contributed by atoms with E-state index in [4.69, 9.17) is 4.98 Å². The number of aryl methyl sites for hydroxylation is 1. The van der Waals surface area contributed by atoms with E-state index >= 15 is 0 Å². The molecule has 7 heterocycles. The zero-order valence-corrected chi connectivity index (χ0v) is 34.6. The number of hydrogen-bond acceptors (Lipinski definition) is 10. The third-order valence-electron chi connectivity index (χ3n) is 13.0. The van der Waals surface area contributed by atoms with E-state index < -0.39 is 11.9 Å². The number of para-hydroxylation sites is 1. The van der Waals surface area contributed by atoms with E-state index in [1.165, 1.54) is 5.69 Å². The number of carbonyl (C=O) groups is 3. The Balaban J connectivity index is 0.762. The summed E-state index contributed by atoms with van der Waals surface area (Å²) in [4.78, 5) is 66.6.